The topological polar surface area (TPSA) is 48.2 Å². The molecule has 1 atom stereocenters. The fraction of sp³-hybridized carbons (Fsp3) is 0.273. The molecule has 0 aliphatic heterocycles. The van der Waals surface area contributed by atoms with E-state index < -0.39 is 0 Å². The Bertz CT molecular complexity index is 528. The van der Waals surface area contributed by atoms with Crippen LogP contribution < -0.4 is 4.74 Å². The normalized spacial score (nSPS) is 12.5. The van der Waals surface area contributed by atoms with Crippen molar-refractivity contribution in [3.63, 3.8) is 0 Å². The minimum atomic E-state index is -0.294. The molecule has 6 heteroatoms. The molecule has 0 N–H and O–H groups in total. The molecule has 0 radical (unpaired) electrons. The number of alkyl halides is 1. The van der Waals surface area contributed by atoms with E-state index in [1.165, 1.54) is 0 Å². The number of ether oxygens (including phenoxy) is 1. The van der Waals surface area contributed by atoms with E-state index in [1.807, 2.05) is 18.2 Å². The molecular weight excluding hydrogens is 307 g/mol. The van der Waals surface area contributed by atoms with Gasteiger partial charge in [-0.2, -0.15) is 0 Å². The second-order valence-electron chi connectivity index (χ2n) is 3.41. The predicted octanol–water partition coefficient (Wildman–Crippen LogP) is 3.81. The Balaban J connectivity index is 2.36. The van der Waals surface area contributed by atoms with Gasteiger partial charge in [0, 0.05) is 5.56 Å². The Morgan fingerprint density at radius 2 is 2.18 bits per heavy atom. The van der Waals surface area contributed by atoms with Crippen LogP contribution in [-0.4, -0.2) is 17.3 Å². The van der Waals surface area contributed by atoms with E-state index >= 15 is 0 Å². The van der Waals surface area contributed by atoms with Crippen molar-refractivity contribution in [2.24, 2.45) is 0 Å². The Kier molecular flexibility index (Phi) is 3.69. The van der Waals surface area contributed by atoms with Crippen molar-refractivity contribution in [1.29, 1.82) is 0 Å². The molecule has 0 bridgehead atoms. The van der Waals surface area contributed by atoms with Gasteiger partial charge < -0.3 is 9.15 Å². The van der Waals surface area contributed by atoms with Gasteiger partial charge in [-0.05, 0) is 41.1 Å². The van der Waals surface area contributed by atoms with E-state index in [0.29, 0.717) is 11.8 Å². The lowest BCUT2D eigenvalue weighted by atomic mass is 10.2. The van der Waals surface area contributed by atoms with Gasteiger partial charge in [0.15, 0.2) is 0 Å². The van der Waals surface area contributed by atoms with Crippen LogP contribution in [0.2, 0.25) is 0 Å². The van der Waals surface area contributed by atoms with Crippen LogP contribution in [0.3, 0.4) is 0 Å². The van der Waals surface area contributed by atoms with Crippen molar-refractivity contribution in [2.45, 2.75) is 12.3 Å². The zero-order valence-corrected chi connectivity index (χ0v) is 11.6. The van der Waals surface area contributed by atoms with Crippen LogP contribution >= 0.6 is 27.5 Å². The highest BCUT2D eigenvalue weighted by Gasteiger charge is 2.13. The lowest BCUT2D eigenvalue weighted by Crippen LogP contribution is -1.85. The maximum absolute atomic E-state index is 5.86. The summed E-state index contributed by atoms with van der Waals surface area (Å²) < 4.78 is 11.4. The van der Waals surface area contributed by atoms with Crippen LogP contribution in [0.25, 0.3) is 11.5 Å². The van der Waals surface area contributed by atoms with Crippen molar-refractivity contribution in [3.05, 3.63) is 28.6 Å². The zero-order chi connectivity index (χ0) is 12.4. The van der Waals surface area contributed by atoms with E-state index in [0.717, 1.165) is 15.8 Å². The summed E-state index contributed by atoms with van der Waals surface area (Å²) in [5, 5.41) is 7.52. The van der Waals surface area contributed by atoms with Gasteiger partial charge in [-0.15, -0.1) is 21.8 Å². The first-order valence-electron chi connectivity index (χ1n) is 4.93. The number of methoxy groups -OCH3 is 1. The van der Waals surface area contributed by atoms with Crippen molar-refractivity contribution >= 4 is 27.5 Å². The lowest BCUT2D eigenvalue weighted by molar-refractivity contribution is 0.412. The monoisotopic (exact) mass is 316 g/mol. The fourth-order valence-electron chi connectivity index (χ4n) is 1.31. The third-order valence-corrected chi connectivity index (χ3v) is 2.99. The third-order valence-electron chi connectivity index (χ3n) is 2.18. The van der Waals surface area contributed by atoms with Crippen molar-refractivity contribution < 1.29 is 9.15 Å². The largest absolute Gasteiger partial charge is 0.496 e. The van der Waals surface area contributed by atoms with Crippen molar-refractivity contribution in [3.8, 4) is 17.2 Å². The average molecular weight is 318 g/mol. The molecule has 2 rings (SSSR count). The summed E-state index contributed by atoms with van der Waals surface area (Å²) >= 11 is 9.26. The van der Waals surface area contributed by atoms with Gasteiger partial charge in [-0.1, -0.05) is 0 Å². The van der Waals surface area contributed by atoms with Crippen LogP contribution in [0, 0.1) is 0 Å². The Morgan fingerprint density at radius 1 is 1.41 bits per heavy atom. The highest BCUT2D eigenvalue weighted by molar-refractivity contribution is 9.10. The van der Waals surface area contributed by atoms with E-state index in [4.69, 9.17) is 20.8 Å². The van der Waals surface area contributed by atoms with Crippen LogP contribution in [0.15, 0.2) is 27.1 Å². The number of benzene rings is 1. The van der Waals surface area contributed by atoms with Gasteiger partial charge in [0.25, 0.3) is 0 Å². The Hall–Kier alpha value is -1.07. The summed E-state index contributed by atoms with van der Waals surface area (Å²) in [7, 11) is 1.61. The van der Waals surface area contributed by atoms with Gasteiger partial charge in [-0.3, -0.25) is 0 Å². The van der Waals surface area contributed by atoms with Gasteiger partial charge in [0.1, 0.15) is 11.1 Å². The molecule has 1 aromatic carbocycles. The lowest BCUT2D eigenvalue weighted by Gasteiger charge is -2.03. The number of hydrogen-bond acceptors (Lipinski definition) is 4. The first-order valence-corrected chi connectivity index (χ1v) is 6.16. The van der Waals surface area contributed by atoms with Crippen LogP contribution in [0.1, 0.15) is 18.2 Å². The third kappa shape index (κ3) is 2.61. The van der Waals surface area contributed by atoms with E-state index in [2.05, 4.69) is 26.1 Å². The molecule has 4 nitrogen and oxygen atoms in total. The van der Waals surface area contributed by atoms with Crippen LogP contribution in [0.5, 0.6) is 5.75 Å². The van der Waals surface area contributed by atoms with Gasteiger partial charge >= 0.3 is 0 Å². The summed E-state index contributed by atoms with van der Waals surface area (Å²) in [6.07, 6.45) is 0. The Labute approximate surface area is 112 Å². The second-order valence-corrected chi connectivity index (χ2v) is 4.92. The highest BCUT2D eigenvalue weighted by atomic mass is 79.9. The molecule has 1 unspecified atom stereocenters. The molecule has 0 fully saturated rings. The molecule has 2 aromatic rings. The molecule has 1 heterocycles. The highest BCUT2D eigenvalue weighted by Crippen LogP contribution is 2.30. The standard InChI is InChI=1S/C11H10BrClN2O2/c1-6(13)10-14-15-11(17-10)7-3-4-9(16-2)8(12)5-7/h3-6H,1-2H3. The van der Waals surface area contributed by atoms with E-state index in [-0.39, 0.29) is 5.38 Å². The molecule has 0 aliphatic carbocycles. The quantitative estimate of drug-likeness (QED) is 0.808. The van der Waals surface area contributed by atoms with Crippen molar-refractivity contribution in [2.75, 3.05) is 7.11 Å². The number of nitrogens with zero attached hydrogens (tertiary/aromatic N) is 2. The van der Waals surface area contributed by atoms with Gasteiger partial charge in [-0.25, -0.2) is 0 Å². The van der Waals surface area contributed by atoms with Crippen LogP contribution in [-0.2, 0) is 0 Å². The molecule has 17 heavy (non-hydrogen) atoms. The summed E-state index contributed by atoms with van der Waals surface area (Å²) in [4.78, 5) is 0. The van der Waals surface area contributed by atoms with E-state index in [9.17, 15) is 0 Å². The molecule has 0 saturated carbocycles. The molecule has 90 valence electrons. The first kappa shape index (κ1) is 12.4. The number of aromatic nitrogens is 2. The maximum atomic E-state index is 5.86. The number of halogens is 2. The fourth-order valence-corrected chi connectivity index (χ4v) is 1.94. The Morgan fingerprint density at radius 3 is 2.71 bits per heavy atom. The molecule has 1 aromatic heterocycles. The summed E-state index contributed by atoms with van der Waals surface area (Å²) in [5.74, 6) is 1.60. The number of rotatable bonds is 3. The first-order chi connectivity index (χ1) is 8.11. The van der Waals surface area contributed by atoms with E-state index in [1.54, 1.807) is 14.0 Å². The molecule has 0 spiro atoms. The number of hydrogen-bond donors (Lipinski definition) is 0. The smallest absolute Gasteiger partial charge is 0.247 e. The molecule has 0 aliphatic rings. The molecule has 0 amide bonds. The summed E-state index contributed by atoms with van der Waals surface area (Å²) in [5.41, 5.74) is 0.814. The molecule has 0 saturated heterocycles. The zero-order valence-electron chi connectivity index (χ0n) is 9.28. The summed E-state index contributed by atoms with van der Waals surface area (Å²) in [6, 6.07) is 5.53. The average Bonchev–Trinajstić information content (AvgIpc) is 2.78. The predicted molar refractivity (Wildman–Crippen MR) is 68.3 cm³/mol. The molecular formula is C11H10BrClN2O2. The SMILES string of the molecule is COc1ccc(-c2nnc(C(C)Cl)o2)cc1Br. The van der Waals surface area contributed by atoms with Gasteiger partial charge in [0.2, 0.25) is 11.8 Å². The second kappa shape index (κ2) is 5.06. The minimum absolute atomic E-state index is 0.294. The van der Waals surface area contributed by atoms with Crippen molar-refractivity contribution in [1.82, 2.24) is 10.2 Å². The minimum Gasteiger partial charge on any atom is -0.496 e. The maximum Gasteiger partial charge on any atom is 0.247 e. The van der Waals surface area contributed by atoms with Gasteiger partial charge in [0.05, 0.1) is 11.6 Å². The summed E-state index contributed by atoms with van der Waals surface area (Å²) in [6.45, 7) is 1.78. The van der Waals surface area contributed by atoms with Crippen LogP contribution in [0.4, 0.5) is 0 Å².